The molecule has 0 bridgehead atoms. The summed E-state index contributed by atoms with van der Waals surface area (Å²) in [6.45, 7) is 0.568. The van der Waals surface area contributed by atoms with Gasteiger partial charge in [0.1, 0.15) is 0 Å². The molecule has 2 N–H and O–H groups in total. The predicted molar refractivity (Wildman–Crippen MR) is 78.6 cm³/mol. The Bertz CT molecular complexity index is 784. The Kier molecular flexibility index (Phi) is 2.94. The van der Waals surface area contributed by atoms with Gasteiger partial charge in [-0.25, -0.2) is 0 Å². The van der Waals surface area contributed by atoms with Crippen LogP contribution < -0.4 is 5.32 Å². The van der Waals surface area contributed by atoms with E-state index in [9.17, 15) is 5.11 Å². The predicted octanol–water partition coefficient (Wildman–Crippen LogP) is 2.29. The number of aliphatic hydroxyl groups excluding tert-OH is 1. The molecule has 0 aliphatic carbocycles. The van der Waals surface area contributed by atoms with Crippen molar-refractivity contribution in [3.63, 3.8) is 0 Å². The second kappa shape index (κ2) is 4.95. The molecule has 2 atom stereocenters. The van der Waals surface area contributed by atoms with Gasteiger partial charge in [-0.05, 0) is 23.3 Å². The maximum Gasteiger partial charge on any atom is 0.244 e. The van der Waals surface area contributed by atoms with Crippen LogP contribution >= 0.6 is 0 Å². The van der Waals surface area contributed by atoms with Crippen molar-refractivity contribution in [1.29, 1.82) is 0 Å². The average Bonchev–Trinajstić information content (AvgIpc) is 3.15. The Hall–Kier alpha value is -2.24. The molecule has 1 saturated heterocycles. The number of nitrogens with zero attached hydrogens (tertiary/aromatic N) is 2. The van der Waals surface area contributed by atoms with Gasteiger partial charge >= 0.3 is 0 Å². The highest BCUT2D eigenvalue weighted by Crippen LogP contribution is 2.26. The van der Waals surface area contributed by atoms with Crippen molar-refractivity contribution in [3.8, 4) is 11.4 Å². The van der Waals surface area contributed by atoms with Crippen LogP contribution in [0.15, 0.2) is 47.0 Å². The first-order valence-electron chi connectivity index (χ1n) is 7.04. The minimum atomic E-state index is -0.342. The minimum Gasteiger partial charge on any atom is -0.392 e. The molecule has 0 amide bonds. The van der Waals surface area contributed by atoms with Gasteiger partial charge in [0.25, 0.3) is 0 Å². The van der Waals surface area contributed by atoms with E-state index in [1.165, 1.54) is 5.39 Å². The Morgan fingerprint density at radius 2 is 2.00 bits per heavy atom. The summed E-state index contributed by atoms with van der Waals surface area (Å²) in [5.74, 6) is 1.12. The zero-order valence-corrected chi connectivity index (χ0v) is 11.4. The molecule has 1 aliphatic heterocycles. The number of hydrogen-bond donors (Lipinski definition) is 2. The van der Waals surface area contributed by atoms with E-state index in [0.717, 1.165) is 10.9 Å². The Morgan fingerprint density at radius 3 is 2.81 bits per heavy atom. The molecule has 4 rings (SSSR count). The Labute approximate surface area is 121 Å². The normalized spacial score (nSPS) is 22.0. The third-order valence-electron chi connectivity index (χ3n) is 3.86. The topological polar surface area (TPSA) is 71.2 Å². The molecular formula is C16H15N3O2. The van der Waals surface area contributed by atoms with E-state index in [0.29, 0.717) is 24.7 Å². The highest BCUT2D eigenvalue weighted by atomic mass is 16.5. The SMILES string of the molecule is O[C@@H]1CN[C@@H](c2nc(-c3ccc4ccccc4c3)no2)C1. The fourth-order valence-electron chi connectivity index (χ4n) is 2.73. The lowest BCUT2D eigenvalue weighted by atomic mass is 10.1. The highest BCUT2D eigenvalue weighted by Gasteiger charge is 2.28. The summed E-state index contributed by atoms with van der Waals surface area (Å²) in [6.07, 6.45) is 0.269. The molecule has 5 heteroatoms. The van der Waals surface area contributed by atoms with Crippen LogP contribution in [0.3, 0.4) is 0 Å². The molecule has 0 spiro atoms. The number of hydrogen-bond acceptors (Lipinski definition) is 5. The fourth-order valence-corrected chi connectivity index (χ4v) is 2.73. The second-order valence-electron chi connectivity index (χ2n) is 5.37. The van der Waals surface area contributed by atoms with Crippen molar-refractivity contribution in [1.82, 2.24) is 15.5 Å². The monoisotopic (exact) mass is 281 g/mol. The van der Waals surface area contributed by atoms with Gasteiger partial charge in [0.2, 0.25) is 11.7 Å². The number of aromatic nitrogens is 2. The molecule has 0 radical (unpaired) electrons. The minimum absolute atomic E-state index is 0.0540. The lowest BCUT2D eigenvalue weighted by Crippen LogP contribution is -2.15. The summed E-state index contributed by atoms with van der Waals surface area (Å²) < 4.78 is 5.33. The maximum atomic E-state index is 9.55. The van der Waals surface area contributed by atoms with E-state index in [4.69, 9.17) is 4.52 Å². The number of β-amino-alcohol motifs (C(OH)–C–C–N with tert-alkyl or cyclic N) is 1. The fraction of sp³-hybridized carbons (Fsp3) is 0.250. The summed E-state index contributed by atoms with van der Waals surface area (Å²) in [6, 6.07) is 14.2. The van der Waals surface area contributed by atoms with Crippen molar-refractivity contribution in [2.24, 2.45) is 0 Å². The van der Waals surface area contributed by atoms with E-state index in [1.54, 1.807) is 0 Å². The first-order chi connectivity index (χ1) is 10.3. The van der Waals surface area contributed by atoms with Crippen molar-refractivity contribution in [2.75, 3.05) is 6.54 Å². The van der Waals surface area contributed by atoms with Gasteiger partial charge < -0.3 is 14.9 Å². The summed E-state index contributed by atoms with van der Waals surface area (Å²) in [7, 11) is 0. The van der Waals surface area contributed by atoms with Crippen molar-refractivity contribution in [2.45, 2.75) is 18.6 Å². The van der Waals surface area contributed by atoms with Crippen LogP contribution in [0.5, 0.6) is 0 Å². The van der Waals surface area contributed by atoms with E-state index >= 15 is 0 Å². The van der Waals surface area contributed by atoms with Gasteiger partial charge in [0, 0.05) is 12.1 Å². The summed E-state index contributed by atoms with van der Waals surface area (Å²) in [5.41, 5.74) is 0.933. The number of benzene rings is 2. The zero-order valence-electron chi connectivity index (χ0n) is 11.4. The van der Waals surface area contributed by atoms with E-state index in [2.05, 4.69) is 39.7 Å². The number of fused-ring (bicyclic) bond motifs is 1. The number of aliphatic hydroxyl groups is 1. The van der Waals surface area contributed by atoms with Crippen LogP contribution in [-0.2, 0) is 0 Å². The third-order valence-corrected chi connectivity index (χ3v) is 3.86. The van der Waals surface area contributed by atoms with Gasteiger partial charge in [-0.2, -0.15) is 4.98 Å². The van der Waals surface area contributed by atoms with Gasteiger partial charge in [0.05, 0.1) is 12.1 Å². The standard InChI is InChI=1S/C16H15N3O2/c20-13-8-14(17-9-13)16-18-15(19-21-16)12-6-5-10-3-1-2-4-11(10)7-12/h1-7,13-14,17,20H,8-9H2/t13-,14+/m0/s1. The van der Waals surface area contributed by atoms with Gasteiger partial charge in [-0.1, -0.05) is 41.6 Å². The van der Waals surface area contributed by atoms with Crippen LogP contribution in [0.25, 0.3) is 22.2 Å². The van der Waals surface area contributed by atoms with Gasteiger partial charge in [-0.15, -0.1) is 0 Å². The zero-order chi connectivity index (χ0) is 14.2. The largest absolute Gasteiger partial charge is 0.392 e. The molecule has 0 unspecified atom stereocenters. The third kappa shape index (κ3) is 2.30. The van der Waals surface area contributed by atoms with E-state index in [-0.39, 0.29) is 12.1 Å². The molecule has 5 nitrogen and oxygen atoms in total. The lowest BCUT2D eigenvalue weighted by molar-refractivity contribution is 0.191. The summed E-state index contributed by atoms with van der Waals surface area (Å²) in [4.78, 5) is 4.45. The van der Waals surface area contributed by atoms with Crippen molar-refractivity contribution >= 4 is 10.8 Å². The van der Waals surface area contributed by atoms with Gasteiger partial charge in [-0.3, -0.25) is 0 Å². The number of nitrogens with one attached hydrogen (secondary N) is 1. The van der Waals surface area contributed by atoms with Crippen LogP contribution in [-0.4, -0.2) is 27.9 Å². The summed E-state index contributed by atoms with van der Waals surface area (Å²) in [5, 5.41) is 19.1. The van der Waals surface area contributed by atoms with Crippen molar-refractivity contribution in [3.05, 3.63) is 48.4 Å². The van der Waals surface area contributed by atoms with Crippen LogP contribution in [0.4, 0.5) is 0 Å². The first-order valence-corrected chi connectivity index (χ1v) is 7.04. The Morgan fingerprint density at radius 1 is 1.14 bits per heavy atom. The van der Waals surface area contributed by atoms with E-state index < -0.39 is 0 Å². The summed E-state index contributed by atoms with van der Waals surface area (Å²) >= 11 is 0. The molecule has 21 heavy (non-hydrogen) atoms. The van der Waals surface area contributed by atoms with E-state index in [1.807, 2.05) is 18.2 Å². The molecule has 3 aromatic rings. The van der Waals surface area contributed by atoms with Crippen molar-refractivity contribution < 1.29 is 9.63 Å². The lowest BCUT2D eigenvalue weighted by Gasteiger charge is -2.02. The molecule has 0 saturated carbocycles. The molecule has 1 aromatic heterocycles. The van der Waals surface area contributed by atoms with Gasteiger partial charge in [0.15, 0.2) is 0 Å². The molecule has 1 aliphatic rings. The molecular weight excluding hydrogens is 266 g/mol. The molecule has 1 fully saturated rings. The maximum absolute atomic E-state index is 9.55. The highest BCUT2D eigenvalue weighted by molar-refractivity contribution is 5.86. The van der Waals surface area contributed by atoms with Crippen LogP contribution in [0.1, 0.15) is 18.4 Å². The molecule has 2 heterocycles. The quantitative estimate of drug-likeness (QED) is 0.754. The second-order valence-corrected chi connectivity index (χ2v) is 5.37. The molecule has 106 valence electrons. The van der Waals surface area contributed by atoms with Crippen LogP contribution in [0.2, 0.25) is 0 Å². The molecule has 2 aromatic carbocycles. The average molecular weight is 281 g/mol. The first kappa shape index (κ1) is 12.5. The number of rotatable bonds is 2. The van der Waals surface area contributed by atoms with Crippen LogP contribution in [0, 0.1) is 0 Å². The Balaban J connectivity index is 1.67. The smallest absolute Gasteiger partial charge is 0.244 e.